The predicted octanol–water partition coefficient (Wildman–Crippen LogP) is 1.93. The zero-order valence-electron chi connectivity index (χ0n) is 9.75. The van der Waals surface area contributed by atoms with Gasteiger partial charge in [0.25, 0.3) is 0 Å². The molecule has 0 heterocycles. The van der Waals surface area contributed by atoms with Crippen molar-refractivity contribution in [1.82, 2.24) is 5.32 Å². The molecule has 0 amide bonds. The van der Waals surface area contributed by atoms with E-state index in [1.54, 1.807) is 6.07 Å². The molecule has 0 aromatic heterocycles. The van der Waals surface area contributed by atoms with Crippen LogP contribution >= 0.6 is 0 Å². The lowest BCUT2D eigenvalue weighted by atomic mass is 10.0. The van der Waals surface area contributed by atoms with Crippen LogP contribution in [0.25, 0.3) is 0 Å². The molecule has 1 aromatic carbocycles. The maximum atomic E-state index is 13.1. The fraction of sp³-hybridized carbons (Fsp3) is 0.538. The molecule has 4 heteroatoms. The minimum Gasteiger partial charge on any atom is -0.505 e. The maximum absolute atomic E-state index is 13.1. The average Bonchev–Trinajstić information content (AvgIpc) is 2.71. The Morgan fingerprint density at radius 1 is 1.29 bits per heavy atom. The van der Waals surface area contributed by atoms with E-state index in [1.807, 2.05) is 0 Å². The van der Waals surface area contributed by atoms with Crippen molar-refractivity contribution in [3.05, 3.63) is 29.6 Å². The Morgan fingerprint density at radius 3 is 2.65 bits per heavy atom. The second kappa shape index (κ2) is 5.02. The lowest BCUT2D eigenvalue weighted by Crippen LogP contribution is -2.37. The van der Waals surface area contributed by atoms with Crippen LogP contribution in [0.4, 0.5) is 4.39 Å². The summed E-state index contributed by atoms with van der Waals surface area (Å²) in [6, 6.07) is 4.32. The number of halogens is 1. The molecule has 0 bridgehead atoms. The number of phenols is 1. The Kier molecular flexibility index (Phi) is 3.64. The van der Waals surface area contributed by atoms with E-state index in [0.29, 0.717) is 13.1 Å². The van der Waals surface area contributed by atoms with E-state index in [9.17, 15) is 9.50 Å². The predicted molar refractivity (Wildman–Crippen MR) is 63.2 cm³/mol. The Hall–Kier alpha value is -1.13. The minimum absolute atomic E-state index is 0.330. The first-order chi connectivity index (χ1) is 8.09. The summed E-state index contributed by atoms with van der Waals surface area (Å²) in [6.07, 6.45) is 3.83. The largest absolute Gasteiger partial charge is 0.505 e. The topological polar surface area (TPSA) is 52.5 Å². The number of nitrogens with one attached hydrogen (secondary N) is 1. The summed E-state index contributed by atoms with van der Waals surface area (Å²) < 4.78 is 13.1. The summed E-state index contributed by atoms with van der Waals surface area (Å²) in [5.74, 6) is -0.938. The molecule has 1 aliphatic rings. The van der Waals surface area contributed by atoms with Gasteiger partial charge in [-0.15, -0.1) is 0 Å². The molecular formula is C13H18FNO2. The number of benzene rings is 1. The van der Waals surface area contributed by atoms with Gasteiger partial charge in [-0.25, -0.2) is 4.39 Å². The van der Waals surface area contributed by atoms with Gasteiger partial charge in [0.05, 0.1) is 5.60 Å². The molecule has 0 unspecified atom stereocenters. The number of aromatic hydroxyl groups is 1. The number of hydrogen-bond donors (Lipinski definition) is 3. The Bertz CT molecular complexity index is 389. The summed E-state index contributed by atoms with van der Waals surface area (Å²) in [7, 11) is 0. The van der Waals surface area contributed by atoms with E-state index in [2.05, 4.69) is 5.32 Å². The quantitative estimate of drug-likeness (QED) is 0.752. The van der Waals surface area contributed by atoms with Gasteiger partial charge in [0, 0.05) is 13.1 Å². The van der Waals surface area contributed by atoms with Crippen molar-refractivity contribution in [2.45, 2.75) is 37.8 Å². The Balaban J connectivity index is 1.83. The molecule has 17 heavy (non-hydrogen) atoms. The molecule has 0 radical (unpaired) electrons. The second-order valence-corrected chi connectivity index (χ2v) is 4.82. The molecule has 94 valence electrons. The molecule has 1 aromatic rings. The van der Waals surface area contributed by atoms with Crippen LogP contribution in [-0.4, -0.2) is 22.4 Å². The number of aliphatic hydroxyl groups is 1. The average molecular weight is 239 g/mol. The molecule has 1 saturated carbocycles. The van der Waals surface area contributed by atoms with E-state index in [-0.39, 0.29) is 5.75 Å². The van der Waals surface area contributed by atoms with Crippen molar-refractivity contribution in [1.29, 1.82) is 0 Å². The highest BCUT2D eigenvalue weighted by molar-refractivity contribution is 5.27. The maximum Gasteiger partial charge on any atom is 0.165 e. The zero-order chi connectivity index (χ0) is 12.3. The third-order valence-electron chi connectivity index (χ3n) is 3.33. The van der Waals surface area contributed by atoms with Crippen molar-refractivity contribution in [3.8, 4) is 5.75 Å². The van der Waals surface area contributed by atoms with Crippen LogP contribution in [0, 0.1) is 5.82 Å². The van der Waals surface area contributed by atoms with Crippen molar-refractivity contribution < 1.29 is 14.6 Å². The number of hydrogen-bond acceptors (Lipinski definition) is 3. The molecule has 2 rings (SSSR count). The van der Waals surface area contributed by atoms with Crippen LogP contribution in [-0.2, 0) is 6.54 Å². The summed E-state index contributed by atoms with van der Waals surface area (Å²) in [5, 5.41) is 22.3. The van der Waals surface area contributed by atoms with E-state index in [1.165, 1.54) is 12.1 Å². The molecule has 0 atom stereocenters. The molecule has 0 spiro atoms. The van der Waals surface area contributed by atoms with Gasteiger partial charge in [-0.1, -0.05) is 18.9 Å². The summed E-state index contributed by atoms with van der Waals surface area (Å²) in [6.45, 7) is 1.04. The first-order valence-corrected chi connectivity index (χ1v) is 6.00. The highest BCUT2D eigenvalue weighted by atomic mass is 19.1. The zero-order valence-corrected chi connectivity index (χ0v) is 9.75. The molecule has 3 nitrogen and oxygen atoms in total. The van der Waals surface area contributed by atoms with Crippen LogP contribution < -0.4 is 5.32 Å². The van der Waals surface area contributed by atoms with Gasteiger partial charge >= 0.3 is 0 Å². The van der Waals surface area contributed by atoms with Gasteiger partial charge in [0.15, 0.2) is 11.6 Å². The van der Waals surface area contributed by atoms with Crippen molar-refractivity contribution >= 4 is 0 Å². The molecule has 1 fully saturated rings. The first kappa shape index (κ1) is 12.3. The fourth-order valence-corrected chi connectivity index (χ4v) is 2.31. The van der Waals surface area contributed by atoms with E-state index >= 15 is 0 Å². The molecule has 3 N–H and O–H groups in total. The van der Waals surface area contributed by atoms with Crippen LogP contribution in [0.2, 0.25) is 0 Å². The van der Waals surface area contributed by atoms with Crippen LogP contribution in [0.1, 0.15) is 31.2 Å². The Morgan fingerprint density at radius 2 is 2.00 bits per heavy atom. The highest BCUT2D eigenvalue weighted by Crippen LogP contribution is 2.28. The summed E-state index contributed by atoms with van der Waals surface area (Å²) in [5.41, 5.74) is 0.178. The van der Waals surface area contributed by atoms with E-state index in [4.69, 9.17) is 5.11 Å². The van der Waals surface area contributed by atoms with Crippen LogP contribution in [0.5, 0.6) is 5.75 Å². The standard InChI is InChI=1S/C13H18FNO2/c14-11-7-10(3-4-12(11)16)8-15-9-13(17)5-1-2-6-13/h3-4,7,15-17H,1-2,5-6,8-9H2. The molecular weight excluding hydrogens is 221 g/mol. The fourth-order valence-electron chi connectivity index (χ4n) is 2.31. The lowest BCUT2D eigenvalue weighted by molar-refractivity contribution is 0.0475. The molecule has 0 saturated heterocycles. The van der Waals surface area contributed by atoms with Crippen molar-refractivity contribution in [2.75, 3.05) is 6.54 Å². The van der Waals surface area contributed by atoms with E-state index in [0.717, 1.165) is 31.2 Å². The highest BCUT2D eigenvalue weighted by Gasteiger charge is 2.30. The van der Waals surface area contributed by atoms with E-state index < -0.39 is 11.4 Å². The lowest BCUT2D eigenvalue weighted by Gasteiger charge is -2.22. The second-order valence-electron chi connectivity index (χ2n) is 4.82. The first-order valence-electron chi connectivity index (χ1n) is 6.00. The van der Waals surface area contributed by atoms with Crippen molar-refractivity contribution in [2.24, 2.45) is 0 Å². The van der Waals surface area contributed by atoms with Gasteiger partial charge in [-0.3, -0.25) is 0 Å². The van der Waals surface area contributed by atoms with Gasteiger partial charge in [-0.05, 0) is 30.5 Å². The summed E-state index contributed by atoms with van der Waals surface area (Å²) in [4.78, 5) is 0. The van der Waals surface area contributed by atoms with Gasteiger partial charge in [0.2, 0.25) is 0 Å². The van der Waals surface area contributed by atoms with Crippen molar-refractivity contribution in [3.63, 3.8) is 0 Å². The third-order valence-corrected chi connectivity index (χ3v) is 3.33. The SMILES string of the molecule is Oc1ccc(CNCC2(O)CCCC2)cc1F. The smallest absolute Gasteiger partial charge is 0.165 e. The normalized spacial score (nSPS) is 18.5. The van der Waals surface area contributed by atoms with Gasteiger partial charge < -0.3 is 15.5 Å². The van der Waals surface area contributed by atoms with Gasteiger partial charge in [-0.2, -0.15) is 0 Å². The third kappa shape index (κ3) is 3.17. The molecule has 1 aliphatic carbocycles. The Labute approximate surface area is 100 Å². The summed E-state index contributed by atoms with van der Waals surface area (Å²) >= 11 is 0. The van der Waals surface area contributed by atoms with Crippen LogP contribution in [0.3, 0.4) is 0 Å². The monoisotopic (exact) mass is 239 g/mol. The van der Waals surface area contributed by atoms with Gasteiger partial charge in [0.1, 0.15) is 0 Å². The number of phenolic OH excluding ortho intramolecular Hbond substituents is 1. The number of rotatable bonds is 4. The molecule has 0 aliphatic heterocycles. The minimum atomic E-state index is -0.608. The van der Waals surface area contributed by atoms with Crippen LogP contribution in [0.15, 0.2) is 18.2 Å².